The van der Waals surface area contributed by atoms with Crippen LogP contribution in [-0.2, 0) is 14.6 Å². The van der Waals surface area contributed by atoms with Crippen LogP contribution < -0.4 is 5.32 Å². The summed E-state index contributed by atoms with van der Waals surface area (Å²) in [5.74, 6) is -2.38. The molecular weight excluding hydrogens is 361 g/mol. The third-order valence-corrected chi connectivity index (χ3v) is 5.49. The van der Waals surface area contributed by atoms with Gasteiger partial charge in [0.05, 0.1) is 17.2 Å². The quantitative estimate of drug-likeness (QED) is 0.615. The number of nitrogens with one attached hydrogen (secondary N) is 1. The van der Waals surface area contributed by atoms with Gasteiger partial charge < -0.3 is 10.4 Å². The normalized spacial score (nSPS) is 13.5. The fraction of sp³-hybridized carbons (Fsp3) is 0.235. The fourth-order valence-corrected chi connectivity index (χ4v) is 3.74. The molecule has 0 unspecified atom stereocenters. The number of pyridine rings is 1. The van der Waals surface area contributed by atoms with Crippen LogP contribution in [0.25, 0.3) is 4.85 Å². The molecule has 0 radical (unpaired) electrons. The molecule has 1 aromatic carbocycles. The van der Waals surface area contributed by atoms with Crippen molar-refractivity contribution < 1.29 is 22.7 Å². The molecule has 7 nitrogen and oxygen atoms in total. The number of aromatic nitrogens is 1. The van der Waals surface area contributed by atoms with Crippen molar-refractivity contribution in [3.63, 3.8) is 0 Å². The van der Waals surface area contributed by atoms with Crippen LogP contribution in [0.3, 0.4) is 0 Å². The minimum absolute atomic E-state index is 0.0827. The van der Waals surface area contributed by atoms with Gasteiger partial charge >= 0.3 is 0 Å². The Labute approximate surface area is 150 Å². The Morgan fingerprint density at radius 2 is 1.92 bits per heavy atom. The molecule has 26 heavy (non-hydrogen) atoms. The predicted octanol–water partition coefficient (Wildman–Crippen LogP) is 2.24. The standard InChI is InChI=1S/C17H16FN3O4S/c1-11-14(19-3)8-9-15(20-11)21-16(22)17(2,23)10-26(24,25)13-6-4-12(18)5-7-13/h4-9,23H,10H2,1-2H3,(H,20,21,22)/t17-/m0/s1. The van der Waals surface area contributed by atoms with Crippen LogP contribution in [0.15, 0.2) is 41.3 Å². The number of carbonyl (C=O) groups is 1. The van der Waals surface area contributed by atoms with Crippen LogP contribution in [0.4, 0.5) is 15.9 Å². The molecule has 2 aromatic rings. The van der Waals surface area contributed by atoms with Crippen molar-refractivity contribution in [2.75, 3.05) is 11.1 Å². The lowest BCUT2D eigenvalue weighted by Gasteiger charge is -2.22. The van der Waals surface area contributed by atoms with Gasteiger partial charge in [-0.3, -0.25) is 4.79 Å². The molecule has 0 saturated carbocycles. The summed E-state index contributed by atoms with van der Waals surface area (Å²) in [4.78, 5) is 19.3. The van der Waals surface area contributed by atoms with Crippen LogP contribution in [0, 0.1) is 19.3 Å². The minimum Gasteiger partial charge on any atom is -0.379 e. The van der Waals surface area contributed by atoms with Gasteiger partial charge in [-0.2, -0.15) is 0 Å². The number of nitrogens with zero attached hydrogens (tertiary/aromatic N) is 2. The summed E-state index contributed by atoms with van der Waals surface area (Å²) in [7, 11) is -4.03. The fourth-order valence-electron chi connectivity index (χ4n) is 2.15. The van der Waals surface area contributed by atoms with Gasteiger partial charge in [0.15, 0.2) is 15.4 Å². The van der Waals surface area contributed by atoms with E-state index in [1.54, 1.807) is 6.92 Å². The number of carbonyl (C=O) groups excluding carboxylic acids is 1. The minimum atomic E-state index is -4.03. The third kappa shape index (κ3) is 4.41. The van der Waals surface area contributed by atoms with Crippen molar-refractivity contribution in [1.82, 2.24) is 4.98 Å². The summed E-state index contributed by atoms with van der Waals surface area (Å²) in [5.41, 5.74) is -1.55. The van der Waals surface area contributed by atoms with Crippen molar-refractivity contribution in [2.24, 2.45) is 0 Å². The monoisotopic (exact) mass is 377 g/mol. The van der Waals surface area contributed by atoms with E-state index in [0.717, 1.165) is 31.2 Å². The first-order valence-electron chi connectivity index (χ1n) is 7.42. The van der Waals surface area contributed by atoms with Crippen LogP contribution in [0.1, 0.15) is 12.6 Å². The summed E-state index contributed by atoms with van der Waals surface area (Å²) in [6.45, 7) is 9.60. The third-order valence-electron chi connectivity index (χ3n) is 3.55. The maximum Gasteiger partial charge on any atom is 0.258 e. The predicted molar refractivity (Wildman–Crippen MR) is 92.9 cm³/mol. The molecule has 9 heteroatoms. The number of halogens is 1. The van der Waals surface area contributed by atoms with Gasteiger partial charge in [-0.25, -0.2) is 22.6 Å². The number of sulfone groups is 1. The van der Waals surface area contributed by atoms with Crippen molar-refractivity contribution in [3.8, 4) is 0 Å². The molecule has 0 bridgehead atoms. The van der Waals surface area contributed by atoms with E-state index in [-0.39, 0.29) is 10.7 Å². The lowest BCUT2D eigenvalue weighted by molar-refractivity contribution is -0.130. The highest BCUT2D eigenvalue weighted by molar-refractivity contribution is 7.91. The molecule has 1 amide bonds. The molecule has 0 aliphatic carbocycles. The molecule has 1 heterocycles. The number of anilines is 1. The van der Waals surface area contributed by atoms with Crippen molar-refractivity contribution in [1.29, 1.82) is 0 Å². The van der Waals surface area contributed by atoms with Gasteiger partial charge in [-0.1, -0.05) is 6.07 Å². The lowest BCUT2D eigenvalue weighted by Crippen LogP contribution is -2.46. The zero-order valence-electron chi connectivity index (χ0n) is 14.0. The van der Waals surface area contributed by atoms with E-state index in [2.05, 4.69) is 15.1 Å². The van der Waals surface area contributed by atoms with Gasteiger partial charge in [-0.05, 0) is 44.2 Å². The Kier molecular flexibility index (Phi) is 5.39. The Morgan fingerprint density at radius 3 is 2.46 bits per heavy atom. The van der Waals surface area contributed by atoms with Gasteiger partial charge in [0.1, 0.15) is 11.6 Å². The lowest BCUT2D eigenvalue weighted by atomic mass is 10.1. The maximum absolute atomic E-state index is 12.9. The van der Waals surface area contributed by atoms with Crippen LogP contribution >= 0.6 is 0 Å². The number of hydrogen-bond acceptors (Lipinski definition) is 5. The van der Waals surface area contributed by atoms with E-state index in [4.69, 9.17) is 6.57 Å². The highest BCUT2D eigenvalue weighted by Crippen LogP contribution is 2.21. The van der Waals surface area contributed by atoms with Crippen LogP contribution in [-0.4, -0.2) is 35.8 Å². The molecule has 0 fully saturated rings. The number of rotatable bonds is 5. The smallest absolute Gasteiger partial charge is 0.258 e. The first-order valence-corrected chi connectivity index (χ1v) is 9.08. The molecule has 136 valence electrons. The Balaban J connectivity index is 2.18. The first kappa shape index (κ1) is 19.5. The zero-order valence-corrected chi connectivity index (χ0v) is 14.8. The Morgan fingerprint density at radius 1 is 1.31 bits per heavy atom. The molecular formula is C17H16FN3O4S. The average molecular weight is 377 g/mol. The van der Waals surface area contributed by atoms with E-state index in [0.29, 0.717) is 11.4 Å². The number of aryl methyl sites for hydroxylation is 1. The van der Waals surface area contributed by atoms with Crippen molar-refractivity contribution in [2.45, 2.75) is 24.3 Å². The second kappa shape index (κ2) is 7.19. The summed E-state index contributed by atoms with van der Waals surface area (Å²) in [6.07, 6.45) is 0. The molecule has 2 rings (SSSR count). The summed E-state index contributed by atoms with van der Waals surface area (Å²) < 4.78 is 37.6. The largest absolute Gasteiger partial charge is 0.379 e. The van der Waals surface area contributed by atoms with E-state index in [9.17, 15) is 22.7 Å². The van der Waals surface area contributed by atoms with Gasteiger partial charge in [-0.15, -0.1) is 0 Å². The molecule has 1 atom stereocenters. The summed E-state index contributed by atoms with van der Waals surface area (Å²) in [6, 6.07) is 6.91. The Bertz CT molecular complexity index is 980. The molecule has 0 aliphatic rings. The van der Waals surface area contributed by atoms with E-state index in [1.165, 1.54) is 12.1 Å². The number of benzene rings is 1. The molecule has 2 N–H and O–H groups in total. The van der Waals surface area contributed by atoms with E-state index >= 15 is 0 Å². The second-order valence-corrected chi connectivity index (χ2v) is 7.84. The van der Waals surface area contributed by atoms with E-state index < -0.39 is 32.9 Å². The zero-order chi connectivity index (χ0) is 19.5. The maximum atomic E-state index is 12.9. The van der Waals surface area contributed by atoms with Crippen LogP contribution in [0.2, 0.25) is 0 Å². The van der Waals surface area contributed by atoms with Gasteiger partial charge in [0.25, 0.3) is 5.91 Å². The molecule has 0 saturated heterocycles. The summed E-state index contributed by atoms with van der Waals surface area (Å²) >= 11 is 0. The number of amides is 1. The van der Waals surface area contributed by atoms with Crippen LogP contribution in [0.5, 0.6) is 0 Å². The first-order chi connectivity index (χ1) is 12.0. The number of aliphatic hydroxyl groups is 1. The molecule has 0 aliphatic heterocycles. The average Bonchev–Trinajstić information content (AvgIpc) is 2.54. The topological polar surface area (TPSA) is 101 Å². The van der Waals surface area contributed by atoms with Gasteiger partial charge in [0.2, 0.25) is 5.69 Å². The Hall–Kier alpha value is -2.83. The number of hydrogen-bond donors (Lipinski definition) is 2. The van der Waals surface area contributed by atoms with Crippen molar-refractivity contribution in [3.05, 3.63) is 59.3 Å². The highest BCUT2D eigenvalue weighted by Gasteiger charge is 2.37. The highest BCUT2D eigenvalue weighted by atomic mass is 32.2. The molecule has 1 aromatic heterocycles. The van der Waals surface area contributed by atoms with Crippen molar-refractivity contribution >= 4 is 27.2 Å². The SMILES string of the molecule is [C-]#[N+]c1ccc(NC(=O)[C@@](C)(O)CS(=O)(=O)c2ccc(F)cc2)nc1C. The summed E-state index contributed by atoms with van der Waals surface area (Å²) in [5, 5.41) is 12.7. The van der Waals surface area contributed by atoms with E-state index in [1.807, 2.05) is 0 Å². The van der Waals surface area contributed by atoms with Gasteiger partial charge in [0, 0.05) is 5.69 Å². The molecule has 0 spiro atoms. The second-order valence-electron chi connectivity index (χ2n) is 5.85.